The Bertz CT molecular complexity index is 402. The molecule has 2 rings (SSSR count). The molecule has 0 bridgehead atoms. The second-order valence-corrected chi connectivity index (χ2v) is 5.63. The van der Waals surface area contributed by atoms with E-state index in [1.165, 1.54) is 4.88 Å². The number of hydrogen-bond donors (Lipinski definition) is 0. The number of aryl methyl sites for hydroxylation is 1. The van der Waals surface area contributed by atoms with Crippen molar-refractivity contribution in [2.75, 3.05) is 0 Å². The fourth-order valence-electron chi connectivity index (χ4n) is 1.19. The van der Waals surface area contributed by atoms with Crippen molar-refractivity contribution in [1.29, 1.82) is 0 Å². The van der Waals surface area contributed by atoms with Gasteiger partial charge in [-0.15, -0.1) is 11.3 Å². The van der Waals surface area contributed by atoms with Crippen LogP contribution in [-0.2, 0) is 0 Å². The van der Waals surface area contributed by atoms with Crippen molar-refractivity contribution < 1.29 is 4.42 Å². The average molecular weight is 292 g/mol. The number of alkyl halides is 1. The first-order chi connectivity index (χ1) is 6.68. The summed E-state index contributed by atoms with van der Waals surface area (Å²) in [5.74, 6) is 0. The van der Waals surface area contributed by atoms with Crippen molar-refractivity contribution in [1.82, 2.24) is 0 Å². The van der Waals surface area contributed by atoms with Crippen molar-refractivity contribution in [3.8, 4) is 0 Å². The summed E-state index contributed by atoms with van der Waals surface area (Å²) >= 11 is 11.2. The summed E-state index contributed by atoms with van der Waals surface area (Å²) in [4.78, 5) is 1.38. The third-order valence-electron chi connectivity index (χ3n) is 1.96. The minimum Gasteiger partial charge on any atom is -0.472 e. The Labute approximate surface area is 99.8 Å². The Kier molecular flexibility index (Phi) is 3.00. The average Bonchev–Trinajstić information content (AvgIpc) is 2.76. The van der Waals surface area contributed by atoms with Crippen LogP contribution in [0.2, 0.25) is 4.34 Å². The molecule has 2 heterocycles. The predicted molar refractivity (Wildman–Crippen MR) is 63.5 cm³/mol. The van der Waals surface area contributed by atoms with Gasteiger partial charge in [0.1, 0.15) is 0 Å². The number of halogens is 2. The van der Waals surface area contributed by atoms with E-state index in [1.807, 2.05) is 13.0 Å². The third kappa shape index (κ3) is 1.90. The summed E-state index contributed by atoms with van der Waals surface area (Å²) in [6.07, 6.45) is 3.41. The summed E-state index contributed by atoms with van der Waals surface area (Å²) < 4.78 is 5.89. The molecular formula is C10H8BrClOS. The predicted octanol–water partition coefficient (Wildman–Crippen LogP) is 4.79. The van der Waals surface area contributed by atoms with E-state index >= 15 is 0 Å². The van der Waals surface area contributed by atoms with Crippen LogP contribution in [0.5, 0.6) is 0 Å². The zero-order valence-electron chi connectivity index (χ0n) is 7.46. The molecule has 14 heavy (non-hydrogen) atoms. The van der Waals surface area contributed by atoms with Gasteiger partial charge in [0.2, 0.25) is 0 Å². The highest BCUT2D eigenvalue weighted by atomic mass is 79.9. The molecule has 0 aliphatic carbocycles. The number of thiophene rings is 1. The maximum absolute atomic E-state index is 6.01. The molecule has 2 aromatic rings. The van der Waals surface area contributed by atoms with Gasteiger partial charge in [-0.05, 0) is 24.6 Å². The summed E-state index contributed by atoms with van der Waals surface area (Å²) in [6.45, 7) is 2.01. The molecule has 4 heteroatoms. The quantitative estimate of drug-likeness (QED) is 0.725. The van der Waals surface area contributed by atoms with Crippen molar-refractivity contribution in [2.45, 2.75) is 11.8 Å². The normalized spacial score (nSPS) is 13.1. The van der Waals surface area contributed by atoms with Gasteiger partial charge in [-0.25, -0.2) is 0 Å². The van der Waals surface area contributed by atoms with Crippen LogP contribution in [0.4, 0.5) is 0 Å². The van der Waals surface area contributed by atoms with Gasteiger partial charge in [0.05, 0.1) is 21.7 Å². The van der Waals surface area contributed by atoms with Gasteiger partial charge in [0, 0.05) is 10.4 Å². The Hall–Kier alpha value is -0.250. The minimum absolute atomic E-state index is 0.178. The molecule has 0 aliphatic rings. The largest absolute Gasteiger partial charge is 0.472 e. The molecule has 74 valence electrons. The van der Waals surface area contributed by atoms with E-state index in [2.05, 4.69) is 22.0 Å². The van der Waals surface area contributed by atoms with E-state index in [9.17, 15) is 0 Å². The number of hydrogen-bond acceptors (Lipinski definition) is 2. The van der Waals surface area contributed by atoms with Gasteiger partial charge < -0.3 is 4.42 Å². The minimum atomic E-state index is 0.178. The zero-order valence-corrected chi connectivity index (χ0v) is 10.6. The summed E-state index contributed by atoms with van der Waals surface area (Å²) in [5.41, 5.74) is 2.24. The fourth-order valence-corrected chi connectivity index (χ4v) is 3.09. The van der Waals surface area contributed by atoms with Gasteiger partial charge >= 0.3 is 0 Å². The van der Waals surface area contributed by atoms with Crippen molar-refractivity contribution >= 4 is 38.9 Å². The SMILES string of the molecule is Cc1cc(C(Br)c2ccoc2)sc1Cl. The molecule has 0 saturated heterocycles. The van der Waals surface area contributed by atoms with Crippen LogP contribution in [0.25, 0.3) is 0 Å². The Morgan fingerprint density at radius 3 is 2.86 bits per heavy atom. The third-order valence-corrected chi connectivity index (χ3v) is 4.91. The van der Waals surface area contributed by atoms with E-state index < -0.39 is 0 Å². The first kappa shape index (κ1) is 10.3. The molecular weight excluding hydrogens is 284 g/mol. The van der Waals surface area contributed by atoms with Crippen LogP contribution in [0.3, 0.4) is 0 Å². The molecule has 1 nitrogen and oxygen atoms in total. The molecule has 0 saturated carbocycles. The maximum atomic E-state index is 6.01. The highest BCUT2D eigenvalue weighted by molar-refractivity contribution is 9.09. The van der Waals surface area contributed by atoms with Crippen LogP contribution in [-0.4, -0.2) is 0 Å². The lowest BCUT2D eigenvalue weighted by Gasteiger charge is -2.02. The van der Waals surface area contributed by atoms with Crippen LogP contribution in [0.1, 0.15) is 20.8 Å². The smallest absolute Gasteiger partial charge is 0.0960 e. The molecule has 0 radical (unpaired) electrons. The van der Waals surface area contributed by atoms with Gasteiger partial charge in [0.15, 0.2) is 0 Å². The standard InChI is InChI=1S/C10H8BrClOS/c1-6-4-8(14-10(6)12)9(11)7-2-3-13-5-7/h2-5,9H,1H3. The van der Waals surface area contributed by atoms with Gasteiger partial charge in [0.25, 0.3) is 0 Å². The molecule has 1 atom stereocenters. The van der Waals surface area contributed by atoms with Crippen LogP contribution < -0.4 is 0 Å². The second kappa shape index (κ2) is 4.09. The topological polar surface area (TPSA) is 13.1 Å². The molecule has 1 unspecified atom stereocenters. The van der Waals surface area contributed by atoms with E-state index in [4.69, 9.17) is 16.0 Å². The van der Waals surface area contributed by atoms with E-state index in [0.29, 0.717) is 0 Å². The van der Waals surface area contributed by atoms with Crippen molar-refractivity contribution in [3.63, 3.8) is 0 Å². The van der Waals surface area contributed by atoms with Crippen LogP contribution >= 0.6 is 38.9 Å². The van der Waals surface area contributed by atoms with Crippen LogP contribution in [0, 0.1) is 6.92 Å². The first-order valence-corrected chi connectivity index (χ1v) is 6.21. The number of rotatable bonds is 2. The maximum Gasteiger partial charge on any atom is 0.0960 e. The molecule has 0 N–H and O–H groups in total. The van der Waals surface area contributed by atoms with Crippen molar-refractivity contribution in [2.24, 2.45) is 0 Å². The summed E-state index contributed by atoms with van der Waals surface area (Å²) in [5, 5.41) is 0. The first-order valence-electron chi connectivity index (χ1n) is 4.10. The molecule has 0 spiro atoms. The zero-order chi connectivity index (χ0) is 10.1. The highest BCUT2D eigenvalue weighted by Gasteiger charge is 2.15. The van der Waals surface area contributed by atoms with Crippen molar-refractivity contribution in [3.05, 3.63) is 45.0 Å². The Morgan fingerprint density at radius 2 is 2.36 bits per heavy atom. The van der Waals surface area contributed by atoms with Gasteiger partial charge in [-0.2, -0.15) is 0 Å². The number of furan rings is 1. The van der Waals surface area contributed by atoms with Gasteiger partial charge in [-0.1, -0.05) is 27.5 Å². The summed E-state index contributed by atoms with van der Waals surface area (Å²) in [6, 6.07) is 4.04. The lowest BCUT2D eigenvalue weighted by Crippen LogP contribution is -1.85. The van der Waals surface area contributed by atoms with Crippen LogP contribution in [0.15, 0.2) is 29.1 Å². The van der Waals surface area contributed by atoms with Gasteiger partial charge in [-0.3, -0.25) is 0 Å². The second-order valence-electron chi connectivity index (χ2n) is 3.02. The fraction of sp³-hybridized carbons (Fsp3) is 0.200. The molecule has 0 fully saturated rings. The Morgan fingerprint density at radius 1 is 1.57 bits per heavy atom. The van der Waals surface area contributed by atoms with E-state index in [0.717, 1.165) is 15.5 Å². The lowest BCUT2D eigenvalue weighted by molar-refractivity contribution is 0.564. The Balaban J connectivity index is 2.32. The summed E-state index contributed by atoms with van der Waals surface area (Å²) in [7, 11) is 0. The van der Waals surface area contributed by atoms with E-state index in [-0.39, 0.29) is 4.83 Å². The highest BCUT2D eigenvalue weighted by Crippen LogP contribution is 2.38. The molecule has 0 aromatic carbocycles. The monoisotopic (exact) mass is 290 g/mol. The molecule has 0 aliphatic heterocycles. The molecule has 2 aromatic heterocycles. The lowest BCUT2D eigenvalue weighted by atomic mass is 10.2. The van der Waals surface area contributed by atoms with E-state index in [1.54, 1.807) is 23.9 Å². The molecule has 0 amide bonds.